The molecule has 1 aromatic heterocycles. The molecule has 3 nitrogen and oxygen atoms in total. The van der Waals surface area contributed by atoms with E-state index in [1.807, 2.05) is 0 Å². The summed E-state index contributed by atoms with van der Waals surface area (Å²) in [5, 5.41) is 3.86. The summed E-state index contributed by atoms with van der Waals surface area (Å²) >= 11 is 0. The number of ether oxygens (including phenoxy) is 1. The van der Waals surface area contributed by atoms with Crippen molar-refractivity contribution in [2.45, 2.75) is 90.7 Å². The van der Waals surface area contributed by atoms with Crippen LogP contribution >= 0.6 is 0 Å². The van der Waals surface area contributed by atoms with E-state index >= 15 is 0 Å². The molecule has 1 N–H and O–H groups in total. The monoisotopic (exact) mass is 468 g/mol. The van der Waals surface area contributed by atoms with Crippen molar-refractivity contribution in [1.29, 1.82) is 0 Å². The van der Waals surface area contributed by atoms with Crippen LogP contribution in [0.1, 0.15) is 85.5 Å². The molecule has 184 valence electrons. The summed E-state index contributed by atoms with van der Waals surface area (Å²) in [4.78, 5) is 5.17. The summed E-state index contributed by atoms with van der Waals surface area (Å²) in [6.07, 6.45) is 10.6. The predicted octanol–water partition coefficient (Wildman–Crippen LogP) is 7.32. The molecule has 0 radical (unpaired) electrons. The van der Waals surface area contributed by atoms with Crippen LogP contribution in [0.4, 0.5) is 0 Å². The first-order chi connectivity index (χ1) is 17.2. The van der Waals surface area contributed by atoms with Crippen LogP contribution in [0.5, 0.6) is 5.75 Å². The maximum atomic E-state index is 6.60. The van der Waals surface area contributed by atoms with E-state index in [0.29, 0.717) is 12.1 Å². The summed E-state index contributed by atoms with van der Waals surface area (Å²) in [6.45, 7) is 7.58. The number of nitrogens with one attached hydrogen (secondary N) is 1. The van der Waals surface area contributed by atoms with Gasteiger partial charge in [-0.05, 0) is 93.5 Å². The van der Waals surface area contributed by atoms with Gasteiger partial charge in [0.15, 0.2) is 0 Å². The molecule has 1 fully saturated rings. The minimum absolute atomic E-state index is 0.355. The second-order valence-corrected chi connectivity index (χ2v) is 10.2. The highest BCUT2D eigenvalue weighted by Gasteiger charge is 2.24. The molecule has 0 saturated heterocycles. The first-order valence-corrected chi connectivity index (χ1v) is 13.8. The van der Waals surface area contributed by atoms with Gasteiger partial charge in [0.05, 0.1) is 11.8 Å². The fourth-order valence-corrected chi connectivity index (χ4v) is 5.78. The topological polar surface area (TPSA) is 34.1 Å². The smallest absolute Gasteiger partial charge is 0.126 e. The first-order valence-electron chi connectivity index (χ1n) is 13.8. The maximum absolute atomic E-state index is 6.60. The Bertz CT molecular complexity index is 1140. The van der Waals surface area contributed by atoms with Gasteiger partial charge in [0.2, 0.25) is 0 Å². The van der Waals surface area contributed by atoms with Crippen molar-refractivity contribution in [3.8, 4) is 17.0 Å². The second kappa shape index (κ2) is 11.0. The highest BCUT2D eigenvalue weighted by atomic mass is 16.5. The summed E-state index contributed by atoms with van der Waals surface area (Å²) in [5.41, 5.74) is 10.5. The zero-order chi connectivity index (χ0) is 24.2. The van der Waals surface area contributed by atoms with Crippen LogP contribution in [0.15, 0.2) is 48.5 Å². The Balaban J connectivity index is 1.41. The molecule has 0 unspecified atom stereocenters. The van der Waals surface area contributed by atoms with Gasteiger partial charge >= 0.3 is 0 Å². The molecule has 1 heterocycles. The van der Waals surface area contributed by atoms with Gasteiger partial charge in [-0.15, -0.1) is 0 Å². The van der Waals surface area contributed by atoms with Crippen molar-refractivity contribution in [2.24, 2.45) is 0 Å². The number of nitrogens with zero attached hydrogens (tertiary/aromatic N) is 1. The number of aromatic nitrogens is 1. The van der Waals surface area contributed by atoms with Crippen molar-refractivity contribution in [2.75, 3.05) is 6.54 Å². The van der Waals surface area contributed by atoms with E-state index in [4.69, 9.17) is 9.72 Å². The number of benzene rings is 2. The molecule has 0 amide bonds. The fourth-order valence-electron chi connectivity index (χ4n) is 5.78. The third-order valence-electron chi connectivity index (χ3n) is 8.03. The zero-order valence-electron chi connectivity index (χ0n) is 21.7. The lowest BCUT2D eigenvalue weighted by Gasteiger charge is -2.29. The Hall–Kier alpha value is -2.65. The van der Waals surface area contributed by atoms with Crippen LogP contribution in [0, 0.1) is 6.92 Å². The highest BCUT2D eigenvalue weighted by Crippen LogP contribution is 2.36. The minimum atomic E-state index is 0.355. The number of hydrogen-bond donors (Lipinski definition) is 1. The molecular weight excluding hydrogens is 428 g/mol. The van der Waals surface area contributed by atoms with E-state index in [1.165, 1.54) is 71.9 Å². The summed E-state index contributed by atoms with van der Waals surface area (Å²) in [7, 11) is 0. The van der Waals surface area contributed by atoms with Gasteiger partial charge in [-0.3, -0.25) is 4.98 Å². The number of fused-ring (bicyclic) bond motifs is 1. The predicted molar refractivity (Wildman–Crippen MR) is 145 cm³/mol. The molecule has 2 aliphatic carbocycles. The van der Waals surface area contributed by atoms with Crippen molar-refractivity contribution < 1.29 is 4.74 Å². The van der Waals surface area contributed by atoms with Crippen molar-refractivity contribution in [3.63, 3.8) is 0 Å². The first kappa shape index (κ1) is 24.1. The molecule has 3 heteroatoms. The largest absolute Gasteiger partial charge is 0.490 e. The zero-order valence-corrected chi connectivity index (χ0v) is 21.7. The van der Waals surface area contributed by atoms with E-state index < -0.39 is 0 Å². The summed E-state index contributed by atoms with van der Waals surface area (Å²) in [6, 6.07) is 18.3. The lowest BCUT2D eigenvalue weighted by atomic mass is 9.87. The van der Waals surface area contributed by atoms with Gasteiger partial charge in [0.25, 0.3) is 0 Å². The van der Waals surface area contributed by atoms with Gasteiger partial charge in [-0.2, -0.15) is 0 Å². The number of aryl methyl sites for hydroxylation is 4. The van der Waals surface area contributed by atoms with E-state index in [9.17, 15) is 0 Å². The number of pyridine rings is 1. The Morgan fingerprint density at radius 2 is 1.71 bits per heavy atom. The average Bonchev–Trinajstić information content (AvgIpc) is 2.86. The van der Waals surface area contributed by atoms with Gasteiger partial charge in [0.1, 0.15) is 5.75 Å². The molecule has 35 heavy (non-hydrogen) atoms. The Labute approximate surface area is 211 Å². The molecular formula is C32H40N2O. The Morgan fingerprint density at radius 3 is 2.43 bits per heavy atom. The van der Waals surface area contributed by atoms with Gasteiger partial charge in [-0.25, -0.2) is 0 Å². The second-order valence-electron chi connectivity index (χ2n) is 10.2. The third-order valence-corrected chi connectivity index (χ3v) is 8.03. The van der Waals surface area contributed by atoms with Crippen LogP contribution in [0.25, 0.3) is 11.3 Å². The normalized spacial score (nSPS) is 17.6. The van der Waals surface area contributed by atoms with Crippen LogP contribution in [0.2, 0.25) is 0 Å². The van der Waals surface area contributed by atoms with E-state index in [-0.39, 0.29) is 0 Å². The highest BCUT2D eigenvalue weighted by molar-refractivity contribution is 5.70. The van der Waals surface area contributed by atoms with Crippen molar-refractivity contribution >= 4 is 0 Å². The van der Waals surface area contributed by atoms with Crippen molar-refractivity contribution in [1.82, 2.24) is 10.3 Å². The third kappa shape index (κ3) is 5.16. The van der Waals surface area contributed by atoms with Crippen LogP contribution in [-0.4, -0.2) is 17.6 Å². The molecule has 0 aliphatic heterocycles. The molecule has 2 aromatic carbocycles. The Kier molecular flexibility index (Phi) is 7.53. The molecule has 0 spiro atoms. The Morgan fingerprint density at radius 1 is 0.943 bits per heavy atom. The molecule has 1 saturated carbocycles. The molecule has 5 rings (SSSR count). The van der Waals surface area contributed by atoms with Gasteiger partial charge < -0.3 is 10.1 Å². The number of rotatable bonds is 9. The summed E-state index contributed by atoms with van der Waals surface area (Å²) < 4.78 is 6.60. The standard InChI is InChI=1S/C32H40N2O/c1-4-23-12-8-13-24(5-2)32(23)30-21-31(35-26-15-10-16-26)27(22(3)34-30)19-20-33-29-18-9-14-25-11-6-7-17-28(25)29/h6-8,11-13,17,21,26,29,33H,4-5,9-10,14-16,18-20H2,1-3H3/t29-/m0/s1. The molecule has 3 aromatic rings. The number of hydrogen-bond acceptors (Lipinski definition) is 3. The molecule has 2 aliphatic rings. The van der Waals surface area contributed by atoms with Crippen LogP contribution in [-0.2, 0) is 25.7 Å². The van der Waals surface area contributed by atoms with E-state index in [2.05, 4.69) is 74.6 Å². The van der Waals surface area contributed by atoms with Crippen LogP contribution < -0.4 is 10.1 Å². The van der Waals surface area contributed by atoms with Crippen molar-refractivity contribution in [3.05, 3.63) is 82.0 Å². The SMILES string of the molecule is CCc1cccc(CC)c1-c1cc(OC2CCC2)c(CCN[C@H]2CCCc3ccccc32)c(C)n1. The lowest BCUT2D eigenvalue weighted by Crippen LogP contribution is -2.28. The maximum Gasteiger partial charge on any atom is 0.126 e. The fraction of sp³-hybridized carbons (Fsp3) is 0.469. The lowest BCUT2D eigenvalue weighted by molar-refractivity contribution is 0.119. The van der Waals surface area contributed by atoms with Gasteiger partial charge in [0, 0.05) is 28.9 Å². The minimum Gasteiger partial charge on any atom is -0.490 e. The van der Waals surface area contributed by atoms with E-state index in [1.54, 1.807) is 0 Å². The molecule has 1 atom stereocenters. The van der Waals surface area contributed by atoms with Crippen LogP contribution in [0.3, 0.4) is 0 Å². The molecule has 0 bridgehead atoms. The quantitative estimate of drug-likeness (QED) is 0.357. The average molecular weight is 469 g/mol. The van der Waals surface area contributed by atoms with Gasteiger partial charge in [-0.1, -0.05) is 56.3 Å². The van der Waals surface area contributed by atoms with E-state index in [0.717, 1.165) is 42.9 Å². The summed E-state index contributed by atoms with van der Waals surface area (Å²) in [5.74, 6) is 1.05.